The molecule has 9 heteroatoms. The third-order valence-electron chi connectivity index (χ3n) is 5.85. The van der Waals surface area contributed by atoms with Crippen molar-refractivity contribution in [3.05, 3.63) is 0 Å². The van der Waals surface area contributed by atoms with Crippen molar-refractivity contribution in [1.29, 1.82) is 0 Å². The predicted octanol–water partition coefficient (Wildman–Crippen LogP) is 8.30. The normalized spacial score (nSPS) is 17.6. The fourth-order valence-corrected chi connectivity index (χ4v) is 3.42. The summed E-state index contributed by atoms with van der Waals surface area (Å²) in [5.74, 6) is -20.1. The number of alkyl halides is 9. The van der Waals surface area contributed by atoms with Gasteiger partial charge in [0.05, 0.1) is 10.8 Å². The van der Waals surface area contributed by atoms with Crippen LogP contribution in [0.4, 0.5) is 39.5 Å². The lowest BCUT2D eigenvalue weighted by molar-refractivity contribution is -0.360. The van der Waals surface area contributed by atoms with E-state index in [0.29, 0.717) is 19.8 Å². The van der Waals surface area contributed by atoms with Gasteiger partial charge in [-0.25, -0.2) is 30.7 Å². The molecule has 0 spiro atoms. The van der Waals surface area contributed by atoms with Crippen molar-refractivity contribution in [1.82, 2.24) is 0 Å². The molecule has 1 unspecified atom stereocenters. The van der Waals surface area contributed by atoms with Gasteiger partial charge in [0.1, 0.15) is 0 Å². The molecule has 1 atom stereocenters. The van der Waals surface area contributed by atoms with Crippen molar-refractivity contribution in [3.63, 3.8) is 0 Å². The van der Waals surface area contributed by atoms with Crippen molar-refractivity contribution in [2.75, 3.05) is 0 Å². The van der Waals surface area contributed by atoms with Crippen LogP contribution in [0.1, 0.15) is 80.6 Å². The van der Waals surface area contributed by atoms with Gasteiger partial charge in [-0.05, 0) is 41.0 Å². The van der Waals surface area contributed by atoms with E-state index >= 15 is 8.78 Å². The zero-order chi connectivity index (χ0) is 23.0. The summed E-state index contributed by atoms with van der Waals surface area (Å²) in [6, 6.07) is 0. The molecule has 0 aromatic heterocycles. The Morgan fingerprint density at radius 2 is 0.893 bits per heavy atom. The van der Waals surface area contributed by atoms with Crippen molar-refractivity contribution in [3.8, 4) is 0 Å². The third kappa shape index (κ3) is 4.13. The highest BCUT2D eigenvalue weighted by Gasteiger charge is 2.79. The first-order valence-electron chi connectivity index (χ1n) is 9.26. The molecule has 0 fully saturated rings. The van der Waals surface area contributed by atoms with E-state index in [1.807, 2.05) is 6.92 Å². The number of hydrogen-bond donors (Lipinski definition) is 0. The van der Waals surface area contributed by atoms with Gasteiger partial charge in [0, 0.05) is 6.92 Å². The molecule has 28 heavy (non-hydrogen) atoms. The van der Waals surface area contributed by atoms with E-state index in [0.717, 1.165) is 6.42 Å². The van der Waals surface area contributed by atoms with Crippen LogP contribution in [0.15, 0.2) is 0 Å². The molecule has 0 aliphatic rings. The summed E-state index contributed by atoms with van der Waals surface area (Å²) in [6.07, 6.45) is 0.989. The smallest absolute Gasteiger partial charge is 0.238 e. The molecule has 0 aliphatic heterocycles. The minimum Gasteiger partial charge on any atom is -0.238 e. The molecule has 170 valence electrons. The van der Waals surface area contributed by atoms with Crippen LogP contribution in [-0.2, 0) is 0 Å². The highest BCUT2D eigenvalue weighted by atomic mass is 19.3. The lowest BCUT2D eigenvalue weighted by atomic mass is 9.61. The molecule has 0 saturated heterocycles. The fraction of sp³-hybridized carbons (Fsp3) is 1.00. The Morgan fingerprint density at radius 3 is 1.25 bits per heavy atom. The Bertz CT molecular complexity index is 514. The molecule has 0 nitrogen and oxygen atoms in total. The van der Waals surface area contributed by atoms with Gasteiger partial charge in [-0.1, -0.05) is 32.6 Å². The molecule has 0 aromatic carbocycles. The quantitative estimate of drug-likeness (QED) is 0.228. The van der Waals surface area contributed by atoms with Gasteiger partial charge in [0.25, 0.3) is 11.8 Å². The molecule has 0 rings (SSSR count). The van der Waals surface area contributed by atoms with Crippen LogP contribution < -0.4 is 0 Å². The van der Waals surface area contributed by atoms with Crippen LogP contribution in [0, 0.1) is 10.8 Å². The molecule has 0 aromatic rings. The summed E-state index contributed by atoms with van der Waals surface area (Å²) in [7, 11) is 0. The van der Waals surface area contributed by atoms with Crippen LogP contribution in [0.25, 0.3) is 0 Å². The van der Waals surface area contributed by atoms with Gasteiger partial charge < -0.3 is 0 Å². The maximum atomic E-state index is 15.0. The van der Waals surface area contributed by atoms with Crippen LogP contribution in [-0.4, -0.2) is 29.4 Å². The van der Waals surface area contributed by atoms with Gasteiger partial charge in [-0.3, -0.25) is 0 Å². The first-order chi connectivity index (χ1) is 12.1. The summed E-state index contributed by atoms with van der Waals surface area (Å²) in [5.41, 5.74) is -11.0. The Balaban J connectivity index is 6.10. The van der Waals surface area contributed by atoms with Gasteiger partial charge >= 0.3 is 11.8 Å². The molecular formula is C19H31F9. The fourth-order valence-electron chi connectivity index (χ4n) is 3.42. The molecule has 0 heterocycles. The van der Waals surface area contributed by atoms with Gasteiger partial charge in [0.2, 0.25) is 0 Å². The van der Waals surface area contributed by atoms with E-state index in [1.165, 1.54) is 0 Å². The topological polar surface area (TPSA) is 0 Å². The van der Waals surface area contributed by atoms with E-state index in [1.54, 1.807) is 0 Å². The molecule has 0 radical (unpaired) electrons. The first-order valence-corrected chi connectivity index (χ1v) is 9.26. The van der Waals surface area contributed by atoms with Gasteiger partial charge in [-0.15, -0.1) is 0 Å². The lowest BCUT2D eigenvalue weighted by Gasteiger charge is -2.52. The Labute approximate surface area is 161 Å². The van der Waals surface area contributed by atoms with Crippen molar-refractivity contribution < 1.29 is 39.5 Å². The van der Waals surface area contributed by atoms with Gasteiger partial charge in [-0.2, -0.15) is 8.78 Å². The number of unbranched alkanes of at least 4 members (excludes halogenated alkanes) is 3. The second-order valence-electron chi connectivity index (χ2n) is 8.87. The lowest BCUT2D eigenvalue weighted by Crippen LogP contribution is -2.68. The minimum absolute atomic E-state index is 0.00926. The first kappa shape index (κ1) is 27.4. The van der Waals surface area contributed by atoms with E-state index < -0.39 is 46.6 Å². The van der Waals surface area contributed by atoms with Crippen LogP contribution in [0.3, 0.4) is 0 Å². The SMILES string of the molecule is CCCCCCC(C)(F)C(F)(F)C(C)(C)C(F)(F)C(C)(C)C(F)(F)C(C)(F)F. The van der Waals surface area contributed by atoms with Gasteiger partial charge in [0.15, 0.2) is 5.67 Å². The Hall–Kier alpha value is -0.630. The second kappa shape index (κ2) is 7.89. The number of halogens is 9. The predicted molar refractivity (Wildman–Crippen MR) is 91.3 cm³/mol. The summed E-state index contributed by atoms with van der Waals surface area (Å²) in [6.45, 7) is 2.68. The van der Waals surface area contributed by atoms with Crippen LogP contribution >= 0.6 is 0 Å². The molecule has 0 bridgehead atoms. The highest BCUT2D eigenvalue weighted by Crippen LogP contribution is 2.65. The van der Waals surface area contributed by atoms with E-state index in [4.69, 9.17) is 0 Å². The average Bonchev–Trinajstić information content (AvgIpc) is 2.49. The highest BCUT2D eigenvalue weighted by molar-refractivity contribution is 5.13. The zero-order valence-corrected chi connectivity index (χ0v) is 17.4. The number of hydrogen-bond acceptors (Lipinski definition) is 0. The van der Waals surface area contributed by atoms with E-state index in [9.17, 15) is 30.7 Å². The Kier molecular flexibility index (Phi) is 7.72. The maximum absolute atomic E-state index is 15.0. The zero-order valence-electron chi connectivity index (χ0n) is 17.4. The van der Waals surface area contributed by atoms with E-state index in [2.05, 4.69) is 0 Å². The monoisotopic (exact) mass is 430 g/mol. The molecule has 0 saturated carbocycles. The average molecular weight is 430 g/mol. The summed E-state index contributed by atoms with van der Waals surface area (Å²) in [5, 5.41) is 0. The van der Waals surface area contributed by atoms with Crippen LogP contribution in [0.2, 0.25) is 0 Å². The van der Waals surface area contributed by atoms with E-state index in [-0.39, 0.29) is 41.0 Å². The molecule has 0 N–H and O–H groups in total. The minimum atomic E-state index is -5.33. The second-order valence-corrected chi connectivity index (χ2v) is 8.87. The molecule has 0 amide bonds. The van der Waals surface area contributed by atoms with Crippen molar-refractivity contribution in [2.45, 2.75) is 110 Å². The molecular weight excluding hydrogens is 399 g/mol. The number of rotatable bonds is 11. The maximum Gasteiger partial charge on any atom is 0.320 e. The largest absolute Gasteiger partial charge is 0.320 e. The van der Waals surface area contributed by atoms with Crippen molar-refractivity contribution >= 4 is 0 Å². The summed E-state index contributed by atoms with van der Waals surface area (Å²) >= 11 is 0. The standard InChI is InChI=1S/C19H31F9/c1-8-9-10-11-12-15(6,20)18(25,26)13(2,3)17(23,24)14(4,5)19(27,28)16(7,21)22/h8-12H2,1-7H3. The van der Waals surface area contributed by atoms with Crippen molar-refractivity contribution in [2.24, 2.45) is 10.8 Å². The molecule has 0 aliphatic carbocycles. The third-order valence-corrected chi connectivity index (χ3v) is 5.85. The summed E-state index contributed by atoms with van der Waals surface area (Å²) < 4.78 is 130. The van der Waals surface area contributed by atoms with Crippen LogP contribution in [0.5, 0.6) is 0 Å². The summed E-state index contributed by atoms with van der Waals surface area (Å²) in [4.78, 5) is 0. The Morgan fingerprint density at radius 1 is 0.500 bits per heavy atom.